The highest BCUT2D eigenvalue weighted by molar-refractivity contribution is 7.91. The van der Waals surface area contributed by atoms with E-state index >= 15 is 0 Å². The maximum atomic E-state index is 11.2. The van der Waals surface area contributed by atoms with E-state index in [1.165, 1.54) is 0 Å². The van der Waals surface area contributed by atoms with E-state index in [2.05, 4.69) is 11.4 Å². The van der Waals surface area contributed by atoms with Gasteiger partial charge in [0.2, 0.25) is 0 Å². The summed E-state index contributed by atoms with van der Waals surface area (Å²) in [5.74, 6) is 0.394. The van der Waals surface area contributed by atoms with Gasteiger partial charge in [0.1, 0.15) is 9.84 Å². The molecule has 0 amide bonds. The van der Waals surface area contributed by atoms with Gasteiger partial charge < -0.3 is 5.32 Å². The molecule has 1 N–H and O–H groups in total. The average molecular weight is 252 g/mol. The molecule has 0 radical (unpaired) electrons. The number of hydrogen-bond donors (Lipinski definition) is 1. The molecule has 0 aliphatic heterocycles. The summed E-state index contributed by atoms with van der Waals surface area (Å²) in [5, 5.41) is 11.8. The van der Waals surface area contributed by atoms with Crippen molar-refractivity contribution in [2.45, 2.75) is 13.3 Å². The Balaban J connectivity index is 2.39. The smallest absolute Gasteiger partial charge is 0.150 e. The molecule has 0 fully saturated rings. The van der Waals surface area contributed by atoms with E-state index in [0.717, 1.165) is 5.69 Å². The van der Waals surface area contributed by atoms with E-state index in [1.807, 2.05) is 6.07 Å². The third-order valence-corrected chi connectivity index (χ3v) is 4.18. The summed E-state index contributed by atoms with van der Waals surface area (Å²) in [5.41, 5.74) is 1.44. The Hall–Kier alpha value is -1.54. The number of nitriles is 1. The fourth-order valence-corrected chi connectivity index (χ4v) is 2.24. The molecule has 1 rings (SSSR count). The highest BCUT2D eigenvalue weighted by atomic mass is 32.2. The normalized spacial score (nSPS) is 10.8. The second-order valence-electron chi connectivity index (χ2n) is 3.71. The van der Waals surface area contributed by atoms with Gasteiger partial charge in [-0.2, -0.15) is 5.26 Å². The van der Waals surface area contributed by atoms with Crippen LogP contribution in [-0.2, 0) is 9.84 Å². The van der Waals surface area contributed by atoms with Crippen LogP contribution in [0.5, 0.6) is 0 Å². The first-order chi connectivity index (χ1) is 8.07. The van der Waals surface area contributed by atoms with Gasteiger partial charge in [-0.25, -0.2) is 8.42 Å². The van der Waals surface area contributed by atoms with E-state index < -0.39 is 9.84 Å². The number of benzene rings is 1. The predicted octanol–water partition coefficient (Wildman–Crippen LogP) is 1.79. The fraction of sp³-hybridized carbons (Fsp3) is 0.417. The summed E-state index contributed by atoms with van der Waals surface area (Å²) in [7, 11) is -2.88. The lowest BCUT2D eigenvalue weighted by Gasteiger charge is -2.06. The molecule has 0 aliphatic carbocycles. The van der Waals surface area contributed by atoms with Gasteiger partial charge in [-0.05, 0) is 24.6 Å². The molecule has 0 heterocycles. The molecule has 1 aromatic rings. The molecule has 5 heteroatoms. The molecule has 17 heavy (non-hydrogen) atoms. The molecule has 0 bridgehead atoms. The Morgan fingerprint density at radius 3 is 2.82 bits per heavy atom. The number of rotatable bonds is 6. The zero-order chi connectivity index (χ0) is 12.7. The van der Waals surface area contributed by atoms with Gasteiger partial charge in [-0.15, -0.1) is 0 Å². The van der Waals surface area contributed by atoms with Crippen molar-refractivity contribution in [3.63, 3.8) is 0 Å². The predicted molar refractivity (Wildman–Crippen MR) is 68.6 cm³/mol. The lowest BCUT2D eigenvalue weighted by molar-refractivity contribution is 0.595. The number of sulfone groups is 1. The van der Waals surface area contributed by atoms with Crippen molar-refractivity contribution in [1.82, 2.24) is 0 Å². The summed E-state index contributed by atoms with van der Waals surface area (Å²) >= 11 is 0. The molecular formula is C12H16N2O2S. The van der Waals surface area contributed by atoms with Crippen molar-refractivity contribution in [3.05, 3.63) is 29.8 Å². The van der Waals surface area contributed by atoms with E-state index in [9.17, 15) is 8.42 Å². The summed E-state index contributed by atoms with van der Waals surface area (Å²) in [6.45, 7) is 2.24. The van der Waals surface area contributed by atoms with Crippen molar-refractivity contribution >= 4 is 15.5 Å². The Morgan fingerprint density at radius 2 is 2.18 bits per heavy atom. The summed E-state index contributed by atoms with van der Waals surface area (Å²) < 4.78 is 22.5. The average Bonchev–Trinajstić information content (AvgIpc) is 2.35. The SMILES string of the molecule is CCS(=O)(=O)CCCNc1cccc(C#N)c1. The monoisotopic (exact) mass is 252 g/mol. The van der Waals surface area contributed by atoms with Gasteiger partial charge in [-0.1, -0.05) is 13.0 Å². The number of nitrogens with zero attached hydrogens (tertiary/aromatic N) is 1. The Labute approximate surface area is 102 Å². The van der Waals surface area contributed by atoms with Crippen molar-refractivity contribution in [2.24, 2.45) is 0 Å². The summed E-state index contributed by atoms with van der Waals surface area (Å²) in [4.78, 5) is 0. The largest absolute Gasteiger partial charge is 0.385 e. The van der Waals surface area contributed by atoms with E-state index in [1.54, 1.807) is 25.1 Å². The molecule has 0 saturated carbocycles. The van der Waals surface area contributed by atoms with Crippen LogP contribution in [0.25, 0.3) is 0 Å². The molecule has 0 atom stereocenters. The van der Waals surface area contributed by atoms with Gasteiger partial charge in [0.05, 0.1) is 17.4 Å². The van der Waals surface area contributed by atoms with Gasteiger partial charge in [-0.3, -0.25) is 0 Å². The lowest BCUT2D eigenvalue weighted by Crippen LogP contribution is -2.12. The van der Waals surface area contributed by atoms with Crippen LogP contribution in [-0.4, -0.2) is 26.5 Å². The van der Waals surface area contributed by atoms with Crippen LogP contribution in [0.2, 0.25) is 0 Å². The van der Waals surface area contributed by atoms with Crippen molar-refractivity contribution in [3.8, 4) is 6.07 Å². The summed E-state index contributed by atoms with van der Waals surface area (Å²) in [6.07, 6.45) is 0.576. The van der Waals surface area contributed by atoms with Crippen LogP contribution in [0.1, 0.15) is 18.9 Å². The maximum Gasteiger partial charge on any atom is 0.150 e. The van der Waals surface area contributed by atoms with Crippen molar-refractivity contribution in [1.29, 1.82) is 5.26 Å². The summed E-state index contributed by atoms with van der Waals surface area (Å²) in [6, 6.07) is 9.18. The second kappa shape index (κ2) is 6.26. The van der Waals surface area contributed by atoms with Gasteiger partial charge in [0.25, 0.3) is 0 Å². The van der Waals surface area contributed by atoms with Crippen LogP contribution in [0.3, 0.4) is 0 Å². The molecule has 0 aromatic heterocycles. The van der Waals surface area contributed by atoms with Crippen LogP contribution in [0.15, 0.2) is 24.3 Å². The van der Waals surface area contributed by atoms with Gasteiger partial charge in [0, 0.05) is 18.0 Å². The Morgan fingerprint density at radius 1 is 1.41 bits per heavy atom. The molecule has 0 unspecified atom stereocenters. The number of anilines is 1. The fourth-order valence-electron chi connectivity index (χ4n) is 1.37. The first-order valence-electron chi connectivity index (χ1n) is 5.52. The Kier molecular flexibility index (Phi) is 4.98. The number of nitrogens with one attached hydrogen (secondary N) is 1. The Bertz CT molecular complexity index is 503. The van der Waals surface area contributed by atoms with Gasteiger partial charge >= 0.3 is 0 Å². The minimum atomic E-state index is -2.88. The highest BCUT2D eigenvalue weighted by Crippen LogP contribution is 2.09. The van der Waals surface area contributed by atoms with Crippen molar-refractivity contribution in [2.75, 3.05) is 23.4 Å². The van der Waals surface area contributed by atoms with Crippen molar-refractivity contribution < 1.29 is 8.42 Å². The third-order valence-electron chi connectivity index (χ3n) is 2.39. The van der Waals surface area contributed by atoms with Crippen LogP contribution in [0, 0.1) is 11.3 Å². The number of hydrogen-bond acceptors (Lipinski definition) is 4. The maximum absolute atomic E-state index is 11.2. The zero-order valence-corrected chi connectivity index (χ0v) is 10.6. The molecule has 0 saturated heterocycles. The van der Waals surface area contributed by atoms with E-state index in [4.69, 9.17) is 5.26 Å². The molecule has 0 aliphatic rings. The molecular weight excluding hydrogens is 236 g/mol. The minimum Gasteiger partial charge on any atom is -0.385 e. The lowest BCUT2D eigenvalue weighted by atomic mass is 10.2. The minimum absolute atomic E-state index is 0.191. The van der Waals surface area contributed by atoms with Crippen LogP contribution in [0.4, 0.5) is 5.69 Å². The first-order valence-corrected chi connectivity index (χ1v) is 7.34. The quantitative estimate of drug-likeness (QED) is 0.784. The topological polar surface area (TPSA) is 70.0 Å². The molecule has 4 nitrogen and oxygen atoms in total. The third kappa shape index (κ3) is 4.87. The zero-order valence-electron chi connectivity index (χ0n) is 9.81. The molecule has 92 valence electrons. The highest BCUT2D eigenvalue weighted by Gasteiger charge is 2.05. The second-order valence-corrected chi connectivity index (χ2v) is 6.18. The van der Waals surface area contributed by atoms with Crippen LogP contribution < -0.4 is 5.32 Å². The molecule has 0 spiro atoms. The standard InChI is InChI=1S/C12H16N2O2S/c1-2-17(15,16)8-4-7-14-12-6-3-5-11(9-12)10-13/h3,5-6,9,14H,2,4,7-8H2,1H3. The van der Waals surface area contributed by atoms with Gasteiger partial charge in [0.15, 0.2) is 0 Å². The molecule has 1 aromatic carbocycles. The van der Waals surface area contributed by atoms with E-state index in [0.29, 0.717) is 18.5 Å². The van der Waals surface area contributed by atoms with Crippen LogP contribution >= 0.6 is 0 Å². The van der Waals surface area contributed by atoms with E-state index in [-0.39, 0.29) is 11.5 Å². The first kappa shape index (κ1) is 13.5.